The molecule has 11 heavy (non-hydrogen) atoms. The van der Waals surface area contributed by atoms with Gasteiger partial charge in [0.05, 0.1) is 0 Å². The molecule has 1 fully saturated rings. The fourth-order valence-corrected chi connectivity index (χ4v) is 0.830. The monoisotopic (exact) mass is 158 g/mol. The average molecular weight is 158 g/mol. The molecule has 0 unspecified atom stereocenters. The predicted molar refractivity (Wildman–Crippen MR) is 41.5 cm³/mol. The molecule has 0 radical (unpaired) electrons. The summed E-state index contributed by atoms with van der Waals surface area (Å²) in [5.74, 6) is 0. The van der Waals surface area contributed by atoms with Gasteiger partial charge in [0.2, 0.25) is 0 Å². The highest BCUT2D eigenvalue weighted by Gasteiger charge is 2.20. The normalized spacial score (nSPS) is 15.9. The van der Waals surface area contributed by atoms with Gasteiger partial charge in [0.1, 0.15) is 6.61 Å². The van der Waals surface area contributed by atoms with Crippen molar-refractivity contribution in [2.75, 3.05) is 33.3 Å². The predicted octanol–water partition coefficient (Wildman–Crippen LogP) is 0.0481. The molecule has 0 saturated carbocycles. The summed E-state index contributed by atoms with van der Waals surface area (Å²) in [7, 11) is 1.83. The van der Waals surface area contributed by atoms with Gasteiger partial charge in [-0.1, -0.05) is 0 Å². The first-order valence-electron chi connectivity index (χ1n) is 3.91. The van der Waals surface area contributed by atoms with E-state index in [0.717, 1.165) is 26.1 Å². The summed E-state index contributed by atoms with van der Waals surface area (Å²) in [6.07, 6.45) is 0.938. The SMILES string of the molecule is CNCCOC(=O)N1CCC1. The van der Waals surface area contributed by atoms with Gasteiger partial charge in [-0.25, -0.2) is 4.79 Å². The van der Waals surface area contributed by atoms with E-state index in [9.17, 15) is 4.79 Å². The lowest BCUT2D eigenvalue weighted by Crippen LogP contribution is -2.42. The third kappa shape index (κ3) is 2.38. The highest BCUT2D eigenvalue weighted by molar-refractivity contribution is 5.68. The molecule has 0 aliphatic carbocycles. The van der Waals surface area contributed by atoms with Crippen molar-refractivity contribution < 1.29 is 9.53 Å². The van der Waals surface area contributed by atoms with Crippen molar-refractivity contribution >= 4 is 6.09 Å². The molecule has 0 atom stereocenters. The average Bonchev–Trinajstić information content (AvgIpc) is 1.84. The Hall–Kier alpha value is -0.770. The van der Waals surface area contributed by atoms with Crippen LogP contribution in [0.15, 0.2) is 0 Å². The number of carbonyl (C=O) groups is 1. The van der Waals surface area contributed by atoms with Gasteiger partial charge in [-0.2, -0.15) is 0 Å². The van der Waals surface area contributed by atoms with Gasteiger partial charge in [0, 0.05) is 19.6 Å². The standard InChI is InChI=1S/C7H14N2O2/c1-8-3-6-11-7(10)9-4-2-5-9/h8H,2-6H2,1H3. The summed E-state index contributed by atoms with van der Waals surface area (Å²) in [6.45, 7) is 2.90. The van der Waals surface area contributed by atoms with E-state index in [-0.39, 0.29) is 6.09 Å². The zero-order chi connectivity index (χ0) is 8.10. The number of nitrogens with one attached hydrogen (secondary N) is 1. The molecule has 0 spiro atoms. The van der Waals surface area contributed by atoms with Gasteiger partial charge in [0.15, 0.2) is 0 Å². The van der Waals surface area contributed by atoms with Crippen molar-refractivity contribution in [1.29, 1.82) is 0 Å². The maximum Gasteiger partial charge on any atom is 0.409 e. The largest absolute Gasteiger partial charge is 0.448 e. The van der Waals surface area contributed by atoms with E-state index in [1.165, 1.54) is 0 Å². The fourth-order valence-electron chi connectivity index (χ4n) is 0.830. The first-order chi connectivity index (χ1) is 5.34. The molecule has 0 aromatic heterocycles. The summed E-state index contributed by atoms with van der Waals surface area (Å²) < 4.78 is 4.91. The quantitative estimate of drug-likeness (QED) is 0.590. The molecule has 1 amide bonds. The Morgan fingerprint density at radius 1 is 1.64 bits per heavy atom. The second-order valence-corrected chi connectivity index (χ2v) is 2.56. The van der Waals surface area contributed by atoms with Crippen molar-refractivity contribution in [3.63, 3.8) is 0 Å². The van der Waals surface area contributed by atoms with Crippen LogP contribution in [0.25, 0.3) is 0 Å². The third-order valence-electron chi connectivity index (χ3n) is 1.69. The van der Waals surface area contributed by atoms with Gasteiger partial charge in [-0.05, 0) is 13.5 Å². The van der Waals surface area contributed by atoms with E-state index >= 15 is 0 Å². The van der Waals surface area contributed by atoms with E-state index in [1.807, 2.05) is 7.05 Å². The second-order valence-electron chi connectivity index (χ2n) is 2.56. The number of nitrogens with zero attached hydrogens (tertiary/aromatic N) is 1. The third-order valence-corrected chi connectivity index (χ3v) is 1.69. The zero-order valence-corrected chi connectivity index (χ0v) is 6.80. The molecular formula is C7H14N2O2. The fraction of sp³-hybridized carbons (Fsp3) is 0.857. The molecule has 64 valence electrons. The van der Waals surface area contributed by atoms with Gasteiger partial charge in [-0.3, -0.25) is 0 Å². The van der Waals surface area contributed by atoms with Crippen LogP contribution >= 0.6 is 0 Å². The van der Waals surface area contributed by atoms with Gasteiger partial charge in [-0.15, -0.1) is 0 Å². The van der Waals surface area contributed by atoms with Crippen LogP contribution in [0, 0.1) is 0 Å². The molecule has 0 aromatic carbocycles. The Morgan fingerprint density at radius 3 is 2.82 bits per heavy atom. The molecule has 1 rings (SSSR count). The number of rotatable bonds is 3. The smallest absolute Gasteiger partial charge is 0.409 e. The second kappa shape index (κ2) is 4.18. The van der Waals surface area contributed by atoms with Crippen molar-refractivity contribution in [3.05, 3.63) is 0 Å². The van der Waals surface area contributed by atoms with E-state index in [4.69, 9.17) is 4.74 Å². The Bertz CT molecular complexity index is 134. The van der Waals surface area contributed by atoms with Crippen LogP contribution in [-0.4, -0.2) is 44.3 Å². The van der Waals surface area contributed by atoms with Crippen molar-refractivity contribution in [1.82, 2.24) is 10.2 Å². The Kier molecular flexibility index (Phi) is 3.16. The molecule has 1 N–H and O–H groups in total. The van der Waals surface area contributed by atoms with Crippen LogP contribution in [0.4, 0.5) is 4.79 Å². The topological polar surface area (TPSA) is 41.6 Å². The summed E-state index contributed by atoms with van der Waals surface area (Å²) in [5.41, 5.74) is 0. The Morgan fingerprint density at radius 2 is 2.36 bits per heavy atom. The molecule has 1 heterocycles. The first-order valence-corrected chi connectivity index (χ1v) is 3.91. The molecule has 4 heteroatoms. The lowest BCUT2D eigenvalue weighted by molar-refractivity contribution is 0.0819. The van der Waals surface area contributed by atoms with E-state index in [0.29, 0.717) is 6.61 Å². The lowest BCUT2D eigenvalue weighted by atomic mass is 10.2. The summed E-state index contributed by atoms with van der Waals surface area (Å²) in [6, 6.07) is 0. The molecule has 1 aliphatic rings. The highest BCUT2D eigenvalue weighted by Crippen LogP contribution is 2.06. The number of hydrogen-bond donors (Lipinski definition) is 1. The van der Waals surface area contributed by atoms with Gasteiger partial charge in [0.25, 0.3) is 0 Å². The number of likely N-dealkylation sites (tertiary alicyclic amines) is 1. The van der Waals surface area contributed by atoms with Crippen LogP contribution < -0.4 is 5.32 Å². The molecule has 0 bridgehead atoms. The highest BCUT2D eigenvalue weighted by atomic mass is 16.6. The number of ether oxygens (including phenoxy) is 1. The van der Waals surface area contributed by atoms with Gasteiger partial charge < -0.3 is 15.0 Å². The molecule has 1 aliphatic heterocycles. The minimum atomic E-state index is -0.175. The van der Waals surface area contributed by atoms with E-state index < -0.39 is 0 Å². The first kappa shape index (κ1) is 8.33. The minimum Gasteiger partial charge on any atom is -0.448 e. The van der Waals surface area contributed by atoms with Gasteiger partial charge >= 0.3 is 6.09 Å². The minimum absolute atomic E-state index is 0.175. The Balaban J connectivity index is 2.01. The maximum atomic E-state index is 11.0. The van der Waals surface area contributed by atoms with E-state index in [1.54, 1.807) is 4.90 Å². The van der Waals surface area contributed by atoms with Crippen molar-refractivity contribution in [2.45, 2.75) is 6.42 Å². The summed E-state index contributed by atoms with van der Waals surface area (Å²) in [5, 5.41) is 2.90. The number of carbonyl (C=O) groups excluding carboxylic acids is 1. The Labute approximate surface area is 66.5 Å². The van der Waals surface area contributed by atoms with Crippen molar-refractivity contribution in [3.8, 4) is 0 Å². The summed E-state index contributed by atoms with van der Waals surface area (Å²) >= 11 is 0. The zero-order valence-electron chi connectivity index (χ0n) is 6.80. The van der Waals surface area contributed by atoms with Crippen LogP contribution in [-0.2, 0) is 4.74 Å². The van der Waals surface area contributed by atoms with Crippen LogP contribution in [0.3, 0.4) is 0 Å². The van der Waals surface area contributed by atoms with E-state index in [2.05, 4.69) is 5.32 Å². The summed E-state index contributed by atoms with van der Waals surface area (Å²) in [4.78, 5) is 12.7. The molecule has 1 saturated heterocycles. The van der Waals surface area contributed by atoms with Crippen molar-refractivity contribution in [2.24, 2.45) is 0 Å². The van der Waals surface area contributed by atoms with Crippen LogP contribution in [0.5, 0.6) is 0 Å². The molecule has 4 nitrogen and oxygen atoms in total. The van der Waals surface area contributed by atoms with Crippen LogP contribution in [0.2, 0.25) is 0 Å². The number of hydrogen-bond acceptors (Lipinski definition) is 3. The number of amides is 1. The number of likely N-dealkylation sites (N-methyl/N-ethyl adjacent to an activating group) is 1. The van der Waals surface area contributed by atoms with Crippen LogP contribution in [0.1, 0.15) is 6.42 Å². The lowest BCUT2D eigenvalue weighted by Gasteiger charge is -2.29. The molecular weight excluding hydrogens is 144 g/mol. The maximum absolute atomic E-state index is 11.0. The molecule has 0 aromatic rings.